The van der Waals surface area contributed by atoms with Crippen molar-refractivity contribution in [2.45, 2.75) is 6.92 Å². The molecular weight excluding hydrogens is 250 g/mol. The zero-order valence-electron chi connectivity index (χ0n) is 11.1. The molecule has 3 heteroatoms. The molecule has 0 bridgehead atoms. The van der Waals surface area contributed by atoms with Crippen molar-refractivity contribution in [3.63, 3.8) is 0 Å². The molecule has 0 saturated carbocycles. The normalized spacial score (nSPS) is 10.7. The van der Waals surface area contributed by atoms with Crippen LogP contribution in [-0.4, -0.2) is 11.6 Å². The fourth-order valence-corrected chi connectivity index (χ4v) is 2.34. The Kier molecular flexibility index (Phi) is 3.25. The highest BCUT2D eigenvalue weighted by Crippen LogP contribution is 2.35. The van der Waals surface area contributed by atoms with E-state index in [1.165, 1.54) is 6.07 Å². The quantitative estimate of drug-likeness (QED) is 0.787. The standard InChI is InChI=1S/C17H14NO2/c1-2-20-15-10-9-14-13(8-11-16(19)18-14)17(15)12-6-4-3-5-7-12/h3-4,6-11H,2H2,1H3,(H,18,19). The third-order valence-electron chi connectivity index (χ3n) is 3.16. The molecule has 0 amide bonds. The molecule has 3 aromatic rings. The van der Waals surface area contributed by atoms with Crippen LogP contribution >= 0.6 is 0 Å². The summed E-state index contributed by atoms with van der Waals surface area (Å²) in [5.74, 6) is 0.812. The van der Waals surface area contributed by atoms with Gasteiger partial charge in [0, 0.05) is 22.5 Å². The summed E-state index contributed by atoms with van der Waals surface area (Å²) in [6, 6.07) is 17.9. The van der Waals surface area contributed by atoms with Crippen LogP contribution in [0.3, 0.4) is 0 Å². The summed E-state index contributed by atoms with van der Waals surface area (Å²) >= 11 is 0. The number of nitrogens with one attached hydrogen (secondary N) is 1. The number of aromatic amines is 1. The number of rotatable bonds is 3. The van der Waals surface area contributed by atoms with Gasteiger partial charge in [-0.05, 0) is 42.8 Å². The SMILES string of the molecule is CCOc1ccc2[nH]c(=O)ccc2c1-c1c[c]ccc1. The molecular formula is C17H14NO2. The lowest BCUT2D eigenvalue weighted by atomic mass is 9.99. The van der Waals surface area contributed by atoms with E-state index in [-0.39, 0.29) is 5.56 Å². The van der Waals surface area contributed by atoms with Crippen molar-refractivity contribution in [3.8, 4) is 16.9 Å². The second-order valence-corrected chi connectivity index (χ2v) is 4.45. The van der Waals surface area contributed by atoms with Crippen LogP contribution in [0.1, 0.15) is 6.92 Å². The van der Waals surface area contributed by atoms with E-state index in [9.17, 15) is 4.79 Å². The Morgan fingerprint density at radius 1 is 1.20 bits per heavy atom. The molecule has 20 heavy (non-hydrogen) atoms. The van der Waals surface area contributed by atoms with Crippen LogP contribution in [0.5, 0.6) is 5.75 Å². The Hall–Kier alpha value is -2.55. The van der Waals surface area contributed by atoms with Crippen molar-refractivity contribution in [2.75, 3.05) is 6.61 Å². The number of fused-ring (bicyclic) bond motifs is 1. The number of benzene rings is 2. The lowest BCUT2D eigenvalue weighted by molar-refractivity contribution is 0.342. The predicted molar refractivity (Wildman–Crippen MR) is 80.0 cm³/mol. The molecule has 2 aromatic carbocycles. The molecule has 3 nitrogen and oxygen atoms in total. The van der Waals surface area contributed by atoms with E-state index in [1.807, 2.05) is 49.4 Å². The van der Waals surface area contributed by atoms with Crippen molar-refractivity contribution in [1.29, 1.82) is 0 Å². The Bertz CT molecular complexity index is 791. The van der Waals surface area contributed by atoms with Gasteiger partial charge in [0.15, 0.2) is 0 Å². The van der Waals surface area contributed by atoms with Crippen LogP contribution in [0.2, 0.25) is 0 Å². The molecule has 1 heterocycles. The Morgan fingerprint density at radius 2 is 2.10 bits per heavy atom. The molecule has 0 spiro atoms. The summed E-state index contributed by atoms with van der Waals surface area (Å²) in [6.45, 7) is 2.55. The molecule has 1 radical (unpaired) electrons. The zero-order valence-corrected chi connectivity index (χ0v) is 11.1. The van der Waals surface area contributed by atoms with Gasteiger partial charge in [-0.3, -0.25) is 4.79 Å². The van der Waals surface area contributed by atoms with E-state index < -0.39 is 0 Å². The summed E-state index contributed by atoms with van der Waals surface area (Å²) in [6.07, 6.45) is 0. The molecule has 0 aliphatic rings. The second-order valence-electron chi connectivity index (χ2n) is 4.45. The first-order chi connectivity index (χ1) is 9.79. The first kappa shape index (κ1) is 12.5. The molecule has 0 fully saturated rings. The van der Waals surface area contributed by atoms with E-state index in [4.69, 9.17) is 4.74 Å². The summed E-state index contributed by atoms with van der Waals surface area (Å²) in [7, 11) is 0. The highest BCUT2D eigenvalue weighted by molar-refractivity contribution is 5.97. The number of ether oxygens (including phenoxy) is 1. The minimum Gasteiger partial charge on any atom is -0.493 e. The highest BCUT2D eigenvalue weighted by atomic mass is 16.5. The number of pyridine rings is 1. The van der Waals surface area contributed by atoms with Crippen LogP contribution in [-0.2, 0) is 0 Å². The summed E-state index contributed by atoms with van der Waals surface area (Å²) in [5.41, 5.74) is 2.71. The van der Waals surface area contributed by atoms with E-state index in [0.717, 1.165) is 27.8 Å². The average Bonchev–Trinajstić information content (AvgIpc) is 2.48. The number of hydrogen-bond donors (Lipinski definition) is 1. The molecule has 0 atom stereocenters. The van der Waals surface area contributed by atoms with Crippen LogP contribution in [0.15, 0.2) is 53.3 Å². The fourth-order valence-electron chi connectivity index (χ4n) is 2.34. The van der Waals surface area contributed by atoms with E-state index in [1.54, 1.807) is 0 Å². The van der Waals surface area contributed by atoms with Gasteiger partial charge >= 0.3 is 0 Å². The van der Waals surface area contributed by atoms with Gasteiger partial charge in [-0.2, -0.15) is 0 Å². The predicted octanol–water partition coefficient (Wildman–Crippen LogP) is 3.39. The van der Waals surface area contributed by atoms with Crippen LogP contribution in [0, 0.1) is 6.07 Å². The molecule has 3 rings (SSSR count). The van der Waals surface area contributed by atoms with Crippen molar-refractivity contribution in [1.82, 2.24) is 4.98 Å². The smallest absolute Gasteiger partial charge is 0.248 e. The van der Waals surface area contributed by atoms with Gasteiger partial charge in [0.25, 0.3) is 0 Å². The minimum atomic E-state index is -0.104. The third kappa shape index (κ3) is 2.18. The van der Waals surface area contributed by atoms with Gasteiger partial charge in [0.05, 0.1) is 6.61 Å². The molecule has 1 aromatic heterocycles. The Balaban J connectivity index is 2.35. The van der Waals surface area contributed by atoms with Gasteiger partial charge in [0.2, 0.25) is 5.56 Å². The maximum Gasteiger partial charge on any atom is 0.248 e. The fraction of sp³-hybridized carbons (Fsp3) is 0.118. The molecule has 0 unspecified atom stereocenters. The third-order valence-corrected chi connectivity index (χ3v) is 3.16. The van der Waals surface area contributed by atoms with Gasteiger partial charge < -0.3 is 9.72 Å². The lowest BCUT2D eigenvalue weighted by Gasteiger charge is -2.13. The van der Waals surface area contributed by atoms with Crippen LogP contribution < -0.4 is 10.3 Å². The topological polar surface area (TPSA) is 42.1 Å². The second kappa shape index (κ2) is 5.21. The maximum absolute atomic E-state index is 11.4. The Morgan fingerprint density at radius 3 is 2.85 bits per heavy atom. The monoisotopic (exact) mass is 264 g/mol. The molecule has 0 saturated heterocycles. The van der Waals surface area contributed by atoms with Gasteiger partial charge in [0.1, 0.15) is 5.75 Å². The summed E-state index contributed by atoms with van der Waals surface area (Å²) < 4.78 is 5.72. The summed E-state index contributed by atoms with van der Waals surface area (Å²) in [5, 5.41) is 0.968. The first-order valence-electron chi connectivity index (χ1n) is 6.55. The molecule has 0 aliphatic heterocycles. The number of H-pyrrole nitrogens is 1. The average molecular weight is 264 g/mol. The highest BCUT2D eigenvalue weighted by Gasteiger charge is 2.11. The van der Waals surface area contributed by atoms with Crippen LogP contribution in [0.4, 0.5) is 0 Å². The molecule has 1 N–H and O–H groups in total. The maximum atomic E-state index is 11.4. The van der Waals surface area contributed by atoms with Crippen molar-refractivity contribution in [2.24, 2.45) is 0 Å². The van der Waals surface area contributed by atoms with E-state index in [0.29, 0.717) is 6.61 Å². The molecule has 99 valence electrons. The minimum absolute atomic E-state index is 0.104. The van der Waals surface area contributed by atoms with Crippen molar-refractivity contribution >= 4 is 10.9 Å². The van der Waals surface area contributed by atoms with E-state index >= 15 is 0 Å². The Labute approximate surface area is 116 Å². The van der Waals surface area contributed by atoms with Gasteiger partial charge in [-0.15, -0.1) is 0 Å². The number of hydrogen-bond acceptors (Lipinski definition) is 2. The zero-order chi connectivity index (χ0) is 13.9. The van der Waals surface area contributed by atoms with Crippen molar-refractivity contribution < 1.29 is 4.74 Å². The van der Waals surface area contributed by atoms with Crippen molar-refractivity contribution in [3.05, 3.63) is 65.0 Å². The lowest BCUT2D eigenvalue weighted by Crippen LogP contribution is -2.03. The van der Waals surface area contributed by atoms with Gasteiger partial charge in [-0.1, -0.05) is 18.2 Å². The first-order valence-corrected chi connectivity index (χ1v) is 6.55. The van der Waals surface area contributed by atoms with Crippen LogP contribution in [0.25, 0.3) is 22.0 Å². The molecule has 0 aliphatic carbocycles. The van der Waals surface area contributed by atoms with E-state index in [2.05, 4.69) is 11.1 Å². The largest absolute Gasteiger partial charge is 0.493 e. The van der Waals surface area contributed by atoms with Gasteiger partial charge in [-0.25, -0.2) is 0 Å². The number of aromatic nitrogens is 1. The summed E-state index contributed by atoms with van der Waals surface area (Å²) in [4.78, 5) is 14.3.